The summed E-state index contributed by atoms with van der Waals surface area (Å²) >= 11 is 1.78. The highest BCUT2D eigenvalue weighted by Gasteiger charge is 2.13. The lowest BCUT2D eigenvalue weighted by atomic mass is 10.2. The number of ether oxygens (including phenoxy) is 1. The molecule has 1 rings (SSSR count). The molecule has 0 spiro atoms. The molecule has 1 heterocycles. The molecule has 1 saturated heterocycles. The lowest BCUT2D eigenvalue weighted by molar-refractivity contribution is 0.100. The van der Waals surface area contributed by atoms with E-state index in [0.29, 0.717) is 11.0 Å². The molecule has 11 heavy (non-hydrogen) atoms. The maximum Gasteiger partial charge on any atom is 0.101 e. The quantitative estimate of drug-likeness (QED) is 0.492. The summed E-state index contributed by atoms with van der Waals surface area (Å²) in [6, 6.07) is 0. The van der Waals surface area contributed by atoms with Gasteiger partial charge in [-0.25, -0.2) is 0 Å². The van der Waals surface area contributed by atoms with Gasteiger partial charge < -0.3 is 10.5 Å². The molecule has 0 aromatic carbocycles. The van der Waals surface area contributed by atoms with Gasteiger partial charge in [-0.3, -0.25) is 5.41 Å². The molecule has 3 N–H and O–H groups in total. The Morgan fingerprint density at radius 3 is 2.73 bits per heavy atom. The number of thioether (sulfide) groups is 1. The first-order valence-corrected chi connectivity index (χ1v) is 4.86. The lowest BCUT2D eigenvalue weighted by Gasteiger charge is -2.20. The first-order valence-electron chi connectivity index (χ1n) is 3.81. The van der Waals surface area contributed by atoms with Crippen LogP contribution in [0.5, 0.6) is 0 Å². The predicted molar refractivity (Wildman–Crippen MR) is 48.2 cm³/mol. The summed E-state index contributed by atoms with van der Waals surface area (Å²) in [5.41, 5.74) is 5.24. The second-order valence-corrected chi connectivity index (χ2v) is 3.94. The minimum absolute atomic E-state index is 0.279. The highest BCUT2D eigenvalue weighted by atomic mass is 32.2. The second kappa shape index (κ2) is 4.62. The summed E-state index contributed by atoms with van der Waals surface area (Å²) in [5, 5.41) is 7.70. The van der Waals surface area contributed by atoms with E-state index >= 15 is 0 Å². The second-order valence-electron chi connectivity index (χ2n) is 2.65. The van der Waals surface area contributed by atoms with Gasteiger partial charge in [0.25, 0.3) is 0 Å². The van der Waals surface area contributed by atoms with E-state index in [2.05, 4.69) is 0 Å². The Bertz CT molecular complexity index is 134. The Balaban J connectivity index is 2.09. The van der Waals surface area contributed by atoms with Crippen molar-refractivity contribution in [3.8, 4) is 0 Å². The largest absolute Gasteiger partial charge is 0.387 e. The first-order chi connectivity index (χ1) is 5.29. The maximum absolute atomic E-state index is 7.04. The van der Waals surface area contributed by atoms with Crippen LogP contribution in [0.1, 0.15) is 12.8 Å². The summed E-state index contributed by atoms with van der Waals surface area (Å²) in [4.78, 5) is 0. The van der Waals surface area contributed by atoms with E-state index in [0.717, 1.165) is 26.1 Å². The molecule has 0 amide bonds. The van der Waals surface area contributed by atoms with Gasteiger partial charge in [0.15, 0.2) is 0 Å². The highest BCUT2D eigenvalue weighted by Crippen LogP contribution is 2.21. The zero-order chi connectivity index (χ0) is 8.10. The Hall–Kier alpha value is -0.220. The summed E-state index contributed by atoms with van der Waals surface area (Å²) in [6.45, 7) is 1.74. The molecule has 0 unspecified atom stereocenters. The van der Waals surface area contributed by atoms with Gasteiger partial charge in [-0.2, -0.15) is 11.8 Å². The summed E-state index contributed by atoms with van der Waals surface area (Å²) in [6.07, 6.45) is 2.22. The van der Waals surface area contributed by atoms with E-state index < -0.39 is 0 Å². The molecule has 1 aliphatic rings. The van der Waals surface area contributed by atoms with Crippen molar-refractivity contribution in [1.82, 2.24) is 0 Å². The van der Waals surface area contributed by atoms with Crippen LogP contribution >= 0.6 is 11.8 Å². The zero-order valence-corrected chi connectivity index (χ0v) is 7.32. The van der Waals surface area contributed by atoms with Crippen LogP contribution in [0.3, 0.4) is 0 Å². The topological polar surface area (TPSA) is 59.1 Å². The smallest absolute Gasteiger partial charge is 0.101 e. The average Bonchev–Trinajstić information content (AvgIpc) is 2.03. The van der Waals surface area contributed by atoms with Gasteiger partial charge >= 0.3 is 0 Å². The standard InChI is InChI=1S/C7H14N2OS/c8-7(9)5-11-6-1-3-10-4-2-6/h6H,1-5H2,(H3,8,9). The van der Waals surface area contributed by atoms with Crippen molar-refractivity contribution in [2.45, 2.75) is 18.1 Å². The molecule has 0 aliphatic carbocycles. The number of amidine groups is 1. The molecule has 0 saturated carbocycles. The van der Waals surface area contributed by atoms with E-state index in [9.17, 15) is 0 Å². The minimum Gasteiger partial charge on any atom is -0.387 e. The maximum atomic E-state index is 7.04. The van der Waals surface area contributed by atoms with Crippen LogP contribution in [-0.4, -0.2) is 30.1 Å². The normalized spacial score (nSPS) is 20.0. The van der Waals surface area contributed by atoms with Gasteiger partial charge in [0, 0.05) is 18.5 Å². The number of rotatable bonds is 3. The van der Waals surface area contributed by atoms with Gasteiger partial charge in [0.2, 0.25) is 0 Å². The first kappa shape index (κ1) is 8.87. The number of hydrogen-bond acceptors (Lipinski definition) is 3. The molecule has 64 valence electrons. The van der Waals surface area contributed by atoms with Crippen molar-refractivity contribution < 1.29 is 4.74 Å². The molecule has 0 atom stereocenters. The van der Waals surface area contributed by atoms with Crippen molar-refractivity contribution in [3.05, 3.63) is 0 Å². The third kappa shape index (κ3) is 3.62. The minimum atomic E-state index is 0.279. The molecule has 0 aromatic rings. The molecule has 0 bridgehead atoms. The van der Waals surface area contributed by atoms with Crippen molar-refractivity contribution in [1.29, 1.82) is 5.41 Å². The number of nitrogens with one attached hydrogen (secondary N) is 1. The molecule has 3 nitrogen and oxygen atoms in total. The number of hydrogen-bond donors (Lipinski definition) is 2. The number of nitrogens with two attached hydrogens (primary N) is 1. The van der Waals surface area contributed by atoms with Gasteiger partial charge in [-0.1, -0.05) is 0 Å². The average molecular weight is 174 g/mol. The summed E-state index contributed by atoms with van der Waals surface area (Å²) in [5.74, 6) is 0.950. The zero-order valence-electron chi connectivity index (χ0n) is 6.51. The molecule has 1 aliphatic heterocycles. The van der Waals surface area contributed by atoms with E-state index in [4.69, 9.17) is 15.9 Å². The Morgan fingerprint density at radius 1 is 1.55 bits per heavy atom. The molecule has 4 heteroatoms. The fourth-order valence-electron chi connectivity index (χ4n) is 1.05. The van der Waals surface area contributed by atoms with Gasteiger partial charge in [-0.15, -0.1) is 0 Å². The van der Waals surface area contributed by atoms with Gasteiger partial charge in [0.05, 0.1) is 5.75 Å². The third-order valence-corrected chi connectivity index (χ3v) is 3.06. The molecular weight excluding hydrogens is 160 g/mol. The van der Waals surface area contributed by atoms with Crippen LogP contribution in [0.4, 0.5) is 0 Å². The molecule has 1 fully saturated rings. The van der Waals surface area contributed by atoms with Crippen molar-refractivity contribution in [2.75, 3.05) is 19.0 Å². The van der Waals surface area contributed by atoms with E-state index in [1.165, 1.54) is 0 Å². The van der Waals surface area contributed by atoms with Crippen LogP contribution in [0.25, 0.3) is 0 Å². The Kier molecular flexibility index (Phi) is 3.72. The van der Waals surface area contributed by atoms with Crippen molar-refractivity contribution in [3.63, 3.8) is 0 Å². The van der Waals surface area contributed by atoms with E-state index in [1.807, 2.05) is 0 Å². The third-order valence-electron chi connectivity index (χ3n) is 1.64. The van der Waals surface area contributed by atoms with Crippen molar-refractivity contribution >= 4 is 17.6 Å². The predicted octanol–water partition coefficient (Wildman–Crippen LogP) is 0.835. The van der Waals surface area contributed by atoms with Crippen LogP contribution < -0.4 is 5.73 Å². The molecular formula is C7H14N2OS. The molecule has 0 aromatic heterocycles. The lowest BCUT2D eigenvalue weighted by Crippen LogP contribution is -2.21. The Morgan fingerprint density at radius 2 is 2.18 bits per heavy atom. The Labute approximate surface area is 71.2 Å². The summed E-state index contributed by atoms with van der Waals surface area (Å²) < 4.78 is 5.21. The van der Waals surface area contributed by atoms with E-state index in [1.54, 1.807) is 11.8 Å². The summed E-state index contributed by atoms with van der Waals surface area (Å²) in [7, 11) is 0. The fourth-order valence-corrected chi connectivity index (χ4v) is 1.99. The van der Waals surface area contributed by atoms with Crippen LogP contribution in [0.15, 0.2) is 0 Å². The van der Waals surface area contributed by atoms with Gasteiger partial charge in [0.1, 0.15) is 5.84 Å². The van der Waals surface area contributed by atoms with Gasteiger partial charge in [-0.05, 0) is 12.8 Å². The monoisotopic (exact) mass is 174 g/mol. The fraction of sp³-hybridized carbons (Fsp3) is 0.857. The van der Waals surface area contributed by atoms with Crippen LogP contribution in [0.2, 0.25) is 0 Å². The SMILES string of the molecule is N=C(N)CSC1CCOCC1. The van der Waals surface area contributed by atoms with E-state index in [-0.39, 0.29) is 5.84 Å². The van der Waals surface area contributed by atoms with Crippen LogP contribution in [-0.2, 0) is 4.74 Å². The molecule has 0 radical (unpaired) electrons. The van der Waals surface area contributed by atoms with Crippen LogP contribution in [0, 0.1) is 5.41 Å². The highest BCUT2D eigenvalue weighted by molar-refractivity contribution is 8.00. The van der Waals surface area contributed by atoms with Crippen molar-refractivity contribution in [2.24, 2.45) is 5.73 Å².